The van der Waals surface area contributed by atoms with E-state index in [1.807, 2.05) is 0 Å². The summed E-state index contributed by atoms with van der Waals surface area (Å²) >= 11 is 5.85. The predicted octanol–water partition coefficient (Wildman–Crippen LogP) is 0.493. The Kier molecular flexibility index (Phi) is 5.70. The Labute approximate surface area is 127 Å². The van der Waals surface area contributed by atoms with Crippen LogP contribution in [0.5, 0.6) is 0 Å². The molecule has 0 aromatic heterocycles. The van der Waals surface area contributed by atoms with Crippen molar-refractivity contribution < 1.29 is 22.7 Å². The fourth-order valence-corrected chi connectivity index (χ4v) is 2.23. The molecule has 116 valence electrons. The molecule has 0 spiro atoms. The zero-order chi connectivity index (χ0) is 16.2. The number of benzene rings is 1. The molecule has 0 bridgehead atoms. The second-order valence-electron chi connectivity index (χ2n) is 4.21. The molecule has 0 atom stereocenters. The minimum Gasteiger partial charge on any atom is -0.452 e. The molecule has 1 rings (SSSR count). The normalized spacial score (nSPS) is 11.0. The Morgan fingerprint density at radius 1 is 1.33 bits per heavy atom. The van der Waals surface area contributed by atoms with Gasteiger partial charge in [-0.2, -0.15) is 0 Å². The molecule has 7 nitrogen and oxygen atoms in total. The second-order valence-corrected chi connectivity index (χ2v) is 6.51. The SMILES string of the molecule is CNS(=O)(=O)c1ccc(Cl)c(C(=O)OCC(=O)N(C)C)c1. The molecule has 0 radical (unpaired) electrons. The van der Waals surface area contributed by atoms with Crippen LogP contribution in [0.15, 0.2) is 23.1 Å². The highest BCUT2D eigenvalue weighted by Gasteiger charge is 2.19. The fourth-order valence-electron chi connectivity index (χ4n) is 1.28. The first-order valence-electron chi connectivity index (χ1n) is 5.79. The van der Waals surface area contributed by atoms with Gasteiger partial charge in [-0.05, 0) is 25.2 Å². The maximum atomic E-state index is 11.9. The van der Waals surface area contributed by atoms with Gasteiger partial charge in [-0.15, -0.1) is 0 Å². The standard InChI is InChI=1S/C12H15ClN2O5S/c1-14-21(18,19)8-4-5-10(13)9(6-8)12(17)20-7-11(16)15(2)3/h4-6,14H,7H2,1-3H3. The number of nitrogens with one attached hydrogen (secondary N) is 1. The molecule has 1 N–H and O–H groups in total. The van der Waals surface area contributed by atoms with Gasteiger partial charge in [0, 0.05) is 14.1 Å². The third-order valence-corrected chi connectivity index (χ3v) is 4.30. The maximum Gasteiger partial charge on any atom is 0.340 e. The van der Waals surface area contributed by atoms with E-state index in [-0.39, 0.29) is 15.5 Å². The van der Waals surface area contributed by atoms with E-state index in [1.54, 1.807) is 0 Å². The Morgan fingerprint density at radius 3 is 2.48 bits per heavy atom. The molecule has 0 aliphatic heterocycles. The summed E-state index contributed by atoms with van der Waals surface area (Å²) in [7, 11) is 0.575. The molecule has 21 heavy (non-hydrogen) atoms. The Bertz CT molecular complexity index is 658. The van der Waals surface area contributed by atoms with Crippen molar-refractivity contribution in [3.8, 4) is 0 Å². The van der Waals surface area contributed by atoms with E-state index < -0.39 is 28.5 Å². The Hall–Kier alpha value is -1.64. The molecule has 9 heteroatoms. The number of rotatable bonds is 5. The summed E-state index contributed by atoms with van der Waals surface area (Å²) in [5, 5.41) is 0.0346. The fraction of sp³-hybridized carbons (Fsp3) is 0.333. The van der Waals surface area contributed by atoms with E-state index in [0.29, 0.717) is 0 Å². The van der Waals surface area contributed by atoms with Gasteiger partial charge >= 0.3 is 5.97 Å². The number of hydrogen-bond acceptors (Lipinski definition) is 5. The minimum atomic E-state index is -3.71. The lowest BCUT2D eigenvalue weighted by Crippen LogP contribution is -2.27. The van der Waals surface area contributed by atoms with E-state index in [9.17, 15) is 18.0 Å². The smallest absolute Gasteiger partial charge is 0.340 e. The van der Waals surface area contributed by atoms with Crippen LogP contribution < -0.4 is 4.72 Å². The summed E-state index contributed by atoms with van der Waals surface area (Å²) < 4.78 is 30.3. The Balaban J connectivity index is 3.00. The van der Waals surface area contributed by atoms with Crippen molar-refractivity contribution in [1.29, 1.82) is 0 Å². The highest BCUT2D eigenvalue weighted by Crippen LogP contribution is 2.21. The molecule has 0 saturated heterocycles. The molecule has 0 fully saturated rings. The molecular weight excluding hydrogens is 320 g/mol. The highest BCUT2D eigenvalue weighted by atomic mass is 35.5. The van der Waals surface area contributed by atoms with Gasteiger partial charge in [-0.3, -0.25) is 4.79 Å². The van der Waals surface area contributed by atoms with Crippen LogP contribution in [0.25, 0.3) is 0 Å². The van der Waals surface area contributed by atoms with Gasteiger partial charge in [-0.1, -0.05) is 11.6 Å². The van der Waals surface area contributed by atoms with Crippen LogP contribution in [0.4, 0.5) is 0 Å². The first-order chi connectivity index (χ1) is 9.69. The number of ether oxygens (including phenoxy) is 1. The first-order valence-corrected chi connectivity index (χ1v) is 7.65. The quantitative estimate of drug-likeness (QED) is 0.791. The van der Waals surface area contributed by atoms with E-state index in [4.69, 9.17) is 16.3 Å². The Morgan fingerprint density at radius 2 is 1.95 bits per heavy atom. The van der Waals surface area contributed by atoms with Crippen molar-refractivity contribution >= 4 is 33.5 Å². The minimum absolute atomic E-state index is 0.0346. The van der Waals surface area contributed by atoms with Gasteiger partial charge in [0.2, 0.25) is 10.0 Å². The van der Waals surface area contributed by atoms with E-state index >= 15 is 0 Å². The van der Waals surface area contributed by atoms with Crippen LogP contribution in [0.3, 0.4) is 0 Å². The van der Waals surface area contributed by atoms with Gasteiger partial charge in [0.1, 0.15) is 0 Å². The molecule has 1 aromatic carbocycles. The zero-order valence-corrected chi connectivity index (χ0v) is 13.3. The van der Waals surface area contributed by atoms with E-state index in [1.165, 1.54) is 38.2 Å². The van der Waals surface area contributed by atoms with Crippen molar-refractivity contribution in [2.24, 2.45) is 0 Å². The number of sulfonamides is 1. The zero-order valence-electron chi connectivity index (χ0n) is 11.7. The van der Waals surface area contributed by atoms with Crippen molar-refractivity contribution in [3.63, 3.8) is 0 Å². The number of carbonyl (C=O) groups is 2. The number of amides is 1. The lowest BCUT2D eigenvalue weighted by atomic mass is 10.2. The third-order valence-electron chi connectivity index (χ3n) is 2.56. The summed E-state index contributed by atoms with van der Waals surface area (Å²) in [6.45, 7) is -0.453. The average molecular weight is 335 g/mol. The highest BCUT2D eigenvalue weighted by molar-refractivity contribution is 7.89. The van der Waals surface area contributed by atoms with Crippen molar-refractivity contribution in [1.82, 2.24) is 9.62 Å². The molecule has 0 saturated carbocycles. The average Bonchev–Trinajstić information content (AvgIpc) is 2.44. The summed E-state index contributed by atoms with van der Waals surface area (Å²) in [5.74, 6) is -1.28. The molecule has 1 aromatic rings. The number of hydrogen-bond donors (Lipinski definition) is 1. The topological polar surface area (TPSA) is 92.8 Å². The number of halogens is 1. The monoisotopic (exact) mass is 334 g/mol. The molecule has 0 unspecified atom stereocenters. The number of carbonyl (C=O) groups excluding carboxylic acids is 2. The largest absolute Gasteiger partial charge is 0.452 e. The summed E-state index contributed by atoms with van der Waals surface area (Å²) in [4.78, 5) is 24.3. The van der Waals surface area contributed by atoms with Crippen LogP contribution in [-0.4, -0.2) is 52.9 Å². The van der Waals surface area contributed by atoms with Crippen molar-refractivity contribution in [2.45, 2.75) is 4.90 Å². The van der Waals surface area contributed by atoms with Crippen molar-refractivity contribution in [3.05, 3.63) is 28.8 Å². The molecular formula is C12H15ClN2O5S. The third kappa shape index (κ3) is 4.42. The first kappa shape index (κ1) is 17.4. The van der Waals surface area contributed by atoms with Gasteiger partial charge < -0.3 is 9.64 Å². The maximum absolute atomic E-state index is 11.9. The van der Waals surface area contributed by atoms with Crippen LogP contribution in [-0.2, 0) is 19.6 Å². The number of nitrogens with zero attached hydrogens (tertiary/aromatic N) is 1. The van der Waals surface area contributed by atoms with Gasteiger partial charge in [0.25, 0.3) is 5.91 Å². The summed E-state index contributed by atoms with van der Waals surface area (Å²) in [6.07, 6.45) is 0. The lowest BCUT2D eigenvalue weighted by molar-refractivity contribution is -0.131. The number of esters is 1. The molecule has 0 aliphatic rings. The second kappa shape index (κ2) is 6.88. The summed E-state index contributed by atoms with van der Waals surface area (Å²) in [5.41, 5.74) is -0.125. The van der Waals surface area contributed by atoms with Crippen LogP contribution in [0.1, 0.15) is 10.4 Å². The van der Waals surface area contributed by atoms with Crippen LogP contribution in [0, 0.1) is 0 Å². The van der Waals surface area contributed by atoms with Crippen LogP contribution >= 0.6 is 11.6 Å². The molecule has 0 heterocycles. The lowest BCUT2D eigenvalue weighted by Gasteiger charge is -2.11. The predicted molar refractivity (Wildman–Crippen MR) is 76.7 cm³/mol. The van der Waals surface area contributed by atoms with Crippen LogP contribution in [0.2, 0.25) is 5.02 Å². The van der Waals surface area contributed by atoms with Crippen molar-refractivity contribution in [2.75, 3.05) is 27.7 Å². The van der Waals surface area contributed by atoms with E-state index in [2.05, 4.69) is 4.72 Å². The van der Waals surface area contributed by atoms with Gasteiger partial charge in [0.05, 0.1) is 15.5 Å². The number of likely N-dealkylation sites (N-methyl/N-ethyl adjacent to an activating group) is 1. The molecule has 0 aliphatic carbocycles. The summed E-state index contributed by atoms with van der Waals surface area (Å²) in [6, 6.07) is 3.63. The van der Waals surface area contributed by atoms with E-state index in [0.717, 1.165) is 6.07 Å². The molecule has 1 amide bonds. The van der Waals surface area contributed by atoms with Gasteiger partial charge in [-0.25, -0.2) is 17.9 Å². The van der Waals surface area contributed by atoms with Gasteiger partial charge in [0.15, 0.2) is 6.61 Å².